The fourth-order valence-electron chi connectivity index (χ4n) is 0.529. The molecule has 5 nitrogen and oxygen atoms in total. The Kier molecular flexibility index (Phi) is 4.78. The zero-order chi connectivity index (χ0) is 8.04. The van der Waals surface area contributed by atoms with Crippen LogP contribution in [0, 0.1) is 0 Å². The summed E-state index contributed by atoms with van der Waals surface area (Å²) in [5, 5.41) is 0. The SMILES string of the molecule is CO[Si](CON)(OC)OC. The highest BCUT2D eigenvalue weighted by molar-refractivity contribution is 6.60. The third kappa shape index (κ3) is 2.33. The molecule has 6 heteroatoms. The first-order chi connectivity index (χ1) is 4.74. The maximum absolute atomic E-state index is 4.97. The summed E-state index contributed by atoms with van der Waals surface area (Å²) in [7, 11) is 1.93. The molecule has 0 aliphatic heterocycles. The summed E-state index contributed by atoms with van der Waals surface area (Å²) in [6, 6.07) is 0. The predicted molar refractivity (Wildman–Crippen MR) is 36.9 cm³/mol. The standard InChI is InChI=1S/C4H13NO4Si/c1-6-10(7-2,8-3)4-9-5/h4-5H2,1-3H3. The molecular weight excluding hydrogens is 154 g/mol. The van der Waals surface area contributed by atoms with Crippen molar-refractivity contribution in [2.24, 2.45) is 5.90 Å². The molecule has 0 atom stereocenters. The van der Waals surface area contributed by atoms with Crippen LogP contribution in [0.15, 0.2) is 0 Å². The molecule has 0 aromatic rings. The largest absolute Gasteiger partial charge is 0.529 e. The lowest BCUT2D eigenvalue weighted by molar-refractivity contribution is 0.0638. The van der Waals surface area contributed by atoms with Gasteiger partial charge < -0.3 is 18.1 Å². The first-order valence-electron chi connectivity index (χ1n) is 2.72. The molecule has 0 heterocycles. The molecule has 0 saturated heterocycles. The van der Waals surface area contributed by atoms with Crippen molar-refractivity contribution in [1.82, 2.24) is 0 Å². The molecule has 0 aliphatic carbocycles. The van der Waals surface area contributed by atoms with Gasteiger partial charge in [0.05, 0.1) is 0 Å². The highest BCUT2D eigenvalue weighted by atomic mass is 28.4. The van der Waals surface area contributed by atoms with Gasteiger partial charge in [0.2, 0.25) is 0 Å². The van der Waals surface area contributed by atoms with E-state index < -0.39 is 8.80 Å². The third-order valence-corrected chi connectivity index (χ3v) is 3.58. The number of nitrogens with two attached hydrogens (primary N) is 1. The molecule has 0 rings (SSSR count). The summed E-state index contributed by atoms with van der Waals surface area (Å²) >= 11 is 0. The van der Waals surface area contributed by atoms with Gasteiger partial charge in [-0.3, -0.25) is 0 Å². The van der Waals surface area contributed by atoms with E-state index in [1.165, 1.54) is 21.3 Å². The van der Waals surface area contributed by atoms with Crippen LogP contribution >= 0.6 is 0 Å². The summed E-state index contributed by atoms with van der Waals surface area (Å²) in [6.07, 6.45) is 0.163. The van der Waals surface area contributed by atoms with Gasteiger partial charge in [-0.15, -0.1) is 0 Å². The molecule has 2 N–H and O–H groups in total. The Balaban J connectivity index is 3.87. The zero-order valence-corrected chi connectivity index (χ0v) is 7.42. The van der Waals surface area contributed by atoms with Crippen LogP contribution in [-0.2, 0) is 18.1 Å². The van der Waals surface area contributed by atoms with Gasteiger partial charge in [-0.1, -0.05) is 0 Å². The van der Waals surface area contributed by atoms with Crippen molar-refractivity contribution in [3.63, 3.8) is 0 Å². The second-order valence-electron chi connectivity index (χ2n) is 1.61. The van der Waals surface area contributed by atoms with Gasteiger partial charge in [0.1, 0.15) is 6.23 Å². The molecular formula is C4H13NO4Si. The molecule has 0 radical (unpaired) electrons. The molecule has 0 aliphatic rings. The topological polar surface area (TPSA) is 62.9 Å². The molecule has 0 fully saturated rings. The molecule has 62 valence electrons. The summed E-state index contributed by atoms with van der Waals surface area (Å²) in [5.41, 5.74) is 0. The summed E-state index contributed by atoms with van der Waals surface area (Å²) < 4.78 is 14.9. The monoisotopic (exact) mass is 167 g/mol. The molecule has 0 spiro atoms. The fraction of sp³-hybridized carbons (Fsp3) is 1.00. The molecule has 0 aromatic heterocycles. The average Bonchev–Trinajstić information content (AvgIpc) is 2.01. The van der Waals surface area contributed by atoms with Crippen LogP contribution in [-0.4, -0.2) is 36.4 Å². The second kappa shape index (κ2) is 4.77. The normalized spacial score (nSPS) is 12.0. The summed E-state index contributed by atoms with van der Waals surface area (Å²) in [5.74, 6) is 4.84. The molecule has 0 amide bonds. The molecule has 0 bridgehead atoms. The van der Waals surface area contributed by atoms with Crippen LogP contribution in [0.1, 0.15) is 0 Å². The van der Waals surface area contributed by atoms with E-state index in [0.29, 0.717) is 0 Å². The summed E-state index contributed by atoms with van der Waals surface area (Å²) in [4.78, 5) is 4.37. The Labute approximate surface area is 61.3 Å². The lowest BCUT2D eigenvalue weighted by Crippen LogP contribution is -2.48. The van der Waals surface area contributed by atoms with E-state index in [1.54, 1.807) is 0 Å². The Morgan fingerprint density at radius 2 is 1.50 bits per heavy atom. The van der Waals surface area contributed by atoms with E-state index in [-0.39, 0.29) is 6.23 Å². The minimum absolute atomic E-state index is 0.163. The van der Waals surface area contributed by atoms with Crippen molar-refractivity contribution < 1.29 is 18.1 Å². The third-order valence-electron chi connectivity index (χ3n) is 1.19. The van der Waals surface area contributed by atoms with Crippen LogP contribution in [0.5, 0.6) is 0 Å². The Bertz CT molecular complexity index is 79.1. The smallest absolute Gasteiger partial charge is 0.375 e. The van der Waals surface area contributed by atoms with E-state index in [2.05, 4.69) is 4.84 Å². The predicted octanol–water partition coefficient (Wildman–Crippen LogP) is -0.706. The van der Waals surface area contributed by atoms with Gasteiger partial charge in [-0.2, -0.15) is 0 Å². The van der Waals surface area contributed by atoms with Crippen molar-refractivity contribution in [2.75, 3.05) is 27.6 Å². The van der Waals surface area contributed by atoms with Gasteiger partial charge in [-0.25, -0.2) is 5.90 Å². The Hall–Kier alpha value is 0.0169. The van der Waals surface area contributed by atoms with Crippen molar-refractivity contribution in [2.45, 2.75) is 0 Å². The van der Waals surface area contributed by atoms with Crippen molar-refractivity contribution in [3.05, 3.63) is 0 Å². The fourth-order valence-corrected chi connectivity index (χ4v) is 1.59. The Morgan fingerprint density at radius 1 is 1.10 bits per heavy atom. The van der Waals surface area contributed by atoms with Gasteiger partial charge in [0, 0.05) is 21.3 Å². The molecule has 0 unspecified atom stereocenters. The minimum Gasteiger partial charge on any atom is -0.375 e. The van der Waals surface area contributed by atoms with Crippen LogP contribution in [0.2, 0.25) is 0 Å². The summed E-state index contributed by atoms with van der Waals surface area (Å²) in [6.45, 7) is 0. The minimum atomic E-state index is -2.56. The van der Waals surface area contributed by atoms with Gasteiger partial charge in [-0.05, 0) is 0 Å². The van der Waals surface area contributed by atoms with Crippen LogP contribution < -0.4 is 5.90 Å². The van der Waals surface area contributed by atoms with Gasteiger partial charge in [0.15, 0.2) is 0 Å². The number of hydrogen-bond acceptors (Lipinski definition) is 5. The second-order valence-corrected chi connectivity index (χ2v) is 4.49. The van der Waals surface area contributed by atoms with Gasteiger partial charge in [0.25, 0.3) is 0 Å². The highest BCUT2D eigenvalue weighted by Crippen LogP contribution is 2.04. The maximum atomic E-state index is 4.97. The van der Waals surface area contributed by atoms with Crippen LogP contribution in [0.25, 0.3) is 0 Å². The lowest BCUT2D eigenvalue weighted by atomic mass is 11.7. The molecule has 10 heavy (non-hydrogen) atoms. The zero-order valence-electron chi connectivity index (χ0n) is 6.42. The van der Waals surface area contributed by atoms with Crippen LogP contribution in [0.3, 0.4) is 0 Å². The first-order valence-corrected chi connectivity index (χ1v) is 4.65. The van der Waals surface area contributed by atoms with E-state index in [0.717, 1.165) is 0 Å². The maximum Gasteiger partial charge on any atom is 0.529 e. The average molecular weight is 167 g/mol. The Morgan fingerprint density at radius 3 is 1.60 bits per heavy atom. The van der Waals surface area contributed by atoms with Gasteiger partial charge >= 0.3 is 8.80 Å². The van der Waals surface area contributed by atoms with E-state index in [1.807, 2.05) is 0 Å². The van der Waals surface area contributed by atoms with Crippen molar-refractivity contribution in [3.8, 4) is 0 Å². The first kappa shape index (κ1) is 10.0. The molecule has 0 aromatic carbocycles. The number of rotatable bonds is 5. The highest BCUT2D eigenvalue weighted by Gasteiger charge is 2.38. The van der Waals surface area contributed by atoms with E-state index >= 15 is 0 Å². The van der Waals surface area contributed by atoms with Crippen molar-refractivity contribution in [1.29, 1.82) is 0 Å². The van der Waals surface area contributed by atoms with E-state index in [4.69, 9.17) is 19.2 Å². The quantitative estimate of drug-likeness (QED) is 0.433. The van der Waals surface area contributed by atoms with E-state index in [9.17, 15) is 0 Å². The lowest BCUT2D eigenvalue weighted by Gasteiger charge is -2.22. The van der Waals surface area contributed by atoms with Crippen molar-refractivity contribution >= 4 is 8.80 Å². The number of hydrogen-bond donors (Lipinski definition) is 1. The van der Waals surface area contributed by atoms with Crippen LogP contribution in [0.4, 0.5) is 0 Å². The molecule has 0 saturated carbocycles.